The average molecular weight is 474 g/mol. The number of benzene rings is 1. The maximum atomic E-state index is 12.9. The van der Waals surface area contributed by atoms with Crippen LogP contribution in [0.5, 0.6) is 0 Å². The van der Waals surface area contributed by atoms with Crippen molar-refractivity contribution in [3.8, 4) is 0 Å². The summed E-state index contributed by atoms with van der Waals surface area (Å²) in [5.41, 5.74) is 1.93. The number of hydrogen-bond donors (Lipinski definition) is 0. The van der Waals surface area contributed by atoms with Crippen molar-refractivity contribution >= 4 is 31.0 Å². The molecule has 0 unspecified atom stereocenters. The van der Waals surface area contributed by atoms with Crippen molar-refractivity contribution in [2.75, 3.05) is 48.4 Å². The van der Waals surface area contributed by atoms with Crippen molar-refractivity contribution in [1.82, 2.24) is 9.47 Å². The lowest BCUT2D eigenvalue weighted by molar-refractivity contribution is -0.0371. The van der Waals surface area contributed by atoms with Gasteiger partial charge < -0.3 is 28.4 Å². The quantitative estimate of drug-likeness (QED) is 0.255. The Bertz CT molecular complexity index is 919. The summed E-state index contributed by atoms with van der Waals surface area (Å²) in [4.78, 5) is 24.2. The second-order valence-electron chi connectivity index (χ2n) is 6.59. The number of likely N-dealkylation sites (N-methyl/N-ethyl adjacent to an activating group) is 1. The van der Waals surface area contributed by atoms with Gasteiger partial charge in [-0.15, -0.1) is 0 Å². The highest BCUT2D eigenvalue weighted by atomic mass is 31.2. The Morgan fingerprint density at radius 2 is 1.56 bits per heavy atom. The molecule has 178 valence electrons. The molecule has 0 atom stereocenters. The van der Waals surface area contributed by atoms with Crippen molar-refractivity contribution in [3.05, 3.63) is 36.0 Å². The number of rotatable bonds is 12. The number of phosphoric ester groups is 1. The van der Waals surface area contributed by atoms with E-state index in [0.29, 0.717) is 0 Å². The lowest BCUT2D eigenvalue weighted by atomic mass is 10.1. The average Bonchev–Trinajstić information content (AvgIpc) is 3.14. The fraction of sp³-hybridized carbons (Fsp3) is 0.474. The number of fused-ring (bicyclic) bond motifs is 1. The van der Waals surface area contributed by atoms with E-state index in [9.17, 15) is 14.2 Å². The molecule has 0 bridgehead atoms. The van der Waals surface area contributed by atoms with Crippen LogP contribution >= 0.6 is 7.82 Å². The molecule has 1 aromatic carbocycles. The first-order chi connectivity index (χ1) is 15.3. The summed E-state index contributed by atoms with van der Waals surface area (Å²) in [5, 5.41) is 1.03. The predicted octanol–water partition coefficient (Wildman–Crippen LogP) is 3.34. The monoisotopic (exact) mass is 474 g/mol. The van der Waals surface area contributed by atoms with Crippen LogP contribution in [0.2, 0.25) is 0 Å². The van der Waals surface area contributed by atoms with Crippen molar-refractivity contribution in [2.24, 2.45) is 0 Å². The van der Waals surface area contributed by atoms with Gasteiger partial charge in [-0.3, -0.25) is 4.52 Å². The van der Waals surface area contributed by atoms with Gasteiger partial charge in [0.2, 0.25) is 13.6 Å². The molecule has 0 fully saturated rings. The van der Waals surface area contributed by atoms with E-state index in [0.717, 1.165) is 43.7 Å². The summed E-state index contributed by atoms with van der Waals surface area (Å²) < 4.78 is 47.7. The number of phosphoric acid groups is 1. The van der Waals surface area contributed by atoms with E-state index < -0.39 is 33.7 Å². The van der Waals surface area contributed by atoms with Crippen LogP contribution in [0.25, 0.3) is 10.9 Å². The molecule has 0 amide bonds. The highest BCUT2D eigenvalue weighted by Crippen LogP contribution is 2.50. The molecule has 0 aliphatic heterocycles. The van der Waals surface area contributed by atoms with Gasteiger partial charge in [-0.1, -0.05) is 18.2 Å². The summed E-state index contributed by atoms with van der Waals surface area (Å²) in [7, 11) is 1.86. The third-order valence-electron chi connectivity index (χ3n) is 4.16. The van der Waals surface area contributed by atoms with Crippen molar-refractivity contribution in [1.29, 1.82) is 0 Å². The van der Waals surface area contributed by atoms with Gasteiger partial charge in [0.25, 0.3) is 0 Å². The van der Waals surface area contributed by atoms with Gasteiger partial charge >= 0.3 is 20.1 Å². The Kier molecular flexibility index (Phi) is 9.95. The first-order valence-corrected chi connectivity index (χ1v) is 10.9. The number of hydrogen-bond acceptors (Lipinski definition) is 11. The highest BCUT2D eigenvalue weighted by Gasteiger charge is 2.29. The molecule has 1 aromatic heterocycles. The second kappa shape index (κ2) is 12.4. The van der Waals surface area contributed by atoms with Crippen LogP contribution in [-0.4, -0.2) is 70.2 Å². The predicted molar refractivity (Wildman–Crippen MR) is 112 cm³/mol. The molecule has 0 spiro atoms. The first kappa shape index (κ1) is 25.6. The minimum atomic E-state index is -4.31. The number of carbonyl (C=O) groups excluding carboxylic acids is 2. The summed E-state index contributed by atoms with van der Waals surface area (Å²) in [6.45, 7) is -0.920. The minimum absolute atomic E-state index is 0.212. The van der Waals surface area contributed by atoms with Crippen LogP contribution in [0, 0.1) is 0 Å². The van der Waals surface area contributed by atoms with Crippen molar-refractivity contribution in [2.45, 2.75) is 13.2 Å². The summed E-state index contributed by atoms with van der Waals surface area (Å²) in [6, 6.07) is 7.68. The van der Waals surface area contributed by atoms with Gasteiger partial charge in [0.15, 0.2) is 0 Å². The summed E-state index contributed by atoms with van der Waals surface area (Å²) in [6.07, 6.45) is 0.577. The van der Waals surface area contributed by atoms with Gasteiger partial charge in [0, 0.05) is 18.1 Å². The molecule has 0 aliphatic carbocycles. The molecule has 0 saturated carbocycles. The third-order valence-corrected chi connectivity index (χ3v) is 5.44. The zero-order chi connectivity index (χ0) is 23.6. The maximum Gasteiger partial charge on any atom is 0.510 e. The lowest BCUT2D eigenvalue weighted by Crippen LogP contribution is -2.15. The normalized spacial score (nSPS) is 11.5. The Morgan fingerprint density at radius 3 is 2.12 bits per heavy atom. The fourth-order valence-corrected chi connectivity index (χ4v) is 3.47. The van der Waals surface area contributed by atoms with Gasteiger partial charge in [-0.05, 0) is 32.1 Å². The molecular weight excluding hydrogens is 447 g/mol. The highest BCUT2D eigenvalue weighted by molar-refractivity contribution is 7.48. The number of carbonyl (C=O) groups is 2. The number of para-hydroxylation sites is 1. The van der Waals surface area contributed by atoms with E-state index in [-0.39, 0.29) is 6.73 Å². The second-order valence-corrected chi connectivity index (χ2v) is 8.26. The molecular formula is C19H27N2O10P. The van der Waals surface area contributed by atoms with E-state index in [1.807, 2.05) is 44.6 Å². The van der Waals surface area contributed by atoms with E-state index in [1.165, 1.54) is 0 Å². The number of methoxy groups -OCH3 is 2. The first-order valence-electron chi connectivity index (χ1n) is 9.44. The molecule has 32 heavy (non-hydrogen) atoms. The molecule has 12 nitrogen and oxygen atoms in total. The van der Waals surface area contributed by atoms with Crippen LogP contribution in [-0.2, 0) is 50.2 Å². The minimum Gasteiger partial charge on any atom is -0.438 e. The topological polar surface area (TPSA) is 124 Å². The lowest BCUT2D eigenvalue weighted by Gasteiger charge is -2.18. The van der Waals surface area contributed by atoms with Gasteiger partial charge in [-0.25, -0.2) is 23.2 Å². The molecule has 0 N–H and O–H groups in total. The standard InChI is InChI=1S/C19H27N2O10P/c1-20(2)10-9-15-11-21(17-8-6-5-7-16(15)17)12-29-32(24,30-13-27-18(22)25-3)31-14-28-19(23)26-4/h5-8,11H,9-10,12-14H2,1-4H3. The molecule has 0 aliphatic rings. The Balaban J connectivity index is 2.12. The van der Waals surface area contributed by atoms with E-state index >= 15 is 0 Å². The van der Waals surface area contributed by atoms with Gasteiger partial charge in [0.05, 0.1) is 19.7 Å². The molecule has 0 radical (unpaired) electrons. The van der Waals surface area contributed by atoms with E-state index in [1.54, 1.807) is 4.57 Å². The van der Waals surface area contributed by atoms with Crippen molar-refractivity contribution in [3.63, 3.8) is 0 Å². The molecule has 2 rings (SSSR count). The molecule has 2 aromatic rings. The number of aromatic nitrogens is 1. The Morgan fingerprint density at radius 1 is 0.969 bits per heavy atom. The van der Waals surface area contributed by atoms with Gasteiger partial charge in [0.1, 0.15) is 6.73 Å². The van der Waals surface area contributed by atoms with Crippen LogP contribution in [0.3, 0.4) is 0 Å². The number of ether oxygens (including phenoxy) is 4. The Hall–Kier alpha value is -2.63. The zero-order valence-electron chi connectivity index (χ0n) is 18.3. The molecule has 1 heterocycles. The van der Waals surface area contributed by atoms with Crippen LogP contribution < -0.4 is 0 Å². The number of nitrogens with zero attached hydrogens (tertiary/aromatic N) is 2. The zero-order valence-corrected chi connectivity index (χ0v) is 19.2. The smallest absolute Gasteiger partial charge is 0.438 e. The van der Waals surface area contributed by atoms with Crippen LogP contribution in [0.15, 0.2) is 30.5 Å². The molecule has 13 heteroatoms. The summed E-state index contributed by atoms with van der Waals surface area (Å²) >= 11 is 0. The van der Waals surface area contributed by atoms with Gasteiger partial charge in [-0.2, -0.15) is 0 Å². The van der Waals surface area contributed by atoms with E-state index in [4.69, 9.17) is 13.6 Å². The largest absolute Gasteiger partial charge is 0.510 e. The van der Waals surface area contributed by atoms with E-state index in [2.05, 4.69) is 23.8 Å². The van der Waals surface area contributed by atoms with Crippen LogP contribution in [0.4, 0.5) is 9.59 Å². The summed E-state index contributed by atoms with van der Waals surface area (Å²) in [5.74, 6) is 0. The Labute approximate surface area is 185 Å². The maximum absolute atomic E-state index is 12.9. The van der Waals surface area contributed by atoms with Crippen LogP contribution in [0.1, 0.15) is 5.56 Å². The third kappa shape index (κ3) is 7.81. The van der Waals surface area contributed by atoms with Crippen molar-refractivity contribution < 1.29 is 46.7 Å². The molecule has 0 saturated heterocycles. The SMILES string of the molecule is COC(=O)OCOP(=O)(OCOC(=O)OC)OCn1cc(CCN(C)C)c2ccccc21. The fourth-order valence-electron chi connectivity index (χ4n) is 2.61.